The SMILES string of the molecule is CC(=O)C(Cc1ccc(-n2cccn2)cc1)C(=O)Nc1cc(O)ccc1F. The maximum atomic E-state index is 13.8. The second-order valence-electron chi connectivity index (χ2n) is 6.14. The van der Waals surface area contributed by atoms with Gasteiger partial charge in [-0.2, -0.15) is 5.10 Å². The van der Waals surface area contributed by atoms with Crippen LogP contribution in [-0.2, 0) is 16.0 Å². The lowest BCUT2D eigenvalue weighted by atomic mass is 9.94. The number of hydrogen-bond donors (Lipinski definition) is 2. The topological polar surface area (TPSA) is 84.2 Å². The van der Waals surface area contributed by atoms with Crippen LogP contribution in [0.1, 0.15) is 12.5 Å². The number of amides is 1. The number of nitrogens with one attached hydrogen (secondary N) is 1. The average molecular weight is 367 g/mol. The van der Waals surface area contributed by atoms with Crippen molar-refractivity contribution in [2.75, 3.05) is 5.32 Å². The Hall–Kier alpha value is -3.48. The molecule has 3 aromatic rings. The van der Waals surface area contributed by atoms with E-state index in [1.54, 1.807) is 10.9 Å². The van der Waals surface area contributed by atoms with Crippen LogP contribution in [0.15, 0.2) is 60.9 Å². The van der Waals surface area contributed by atoms with Gasteiger partial charge in [-0.3, -0.25) is 9.59 Å². The van der Waals surface area contributed by atoms with Crippen molar-refractivity contribution in [3.8, 4) is 11.4 Å². The first kappa shape index (κ1) is 18.3. The number of nitrogens with zero attached hydrogens (tertiary/aromatic N) is 2. The summed E-state index contributed by atoms with van der Waals surface area (Å²) in [5.41, 5.74) is 1.48. The zero-order valence-electron chi connectivity index (χ0n) is 14.6. The first-order chi connectivity index (χ1) is 12.9. The molecule has 0 aliphatic carbocycles. The van der Waals surface area contributed by atoms with Gasteiger partial charge in [-0.05, 0) is 49.2 Å². The number of rotatable bonds is 6. The molecule has 0 spiro atoms. The van der Waals surface area contributed by atoms with E-state index >= 15 is 0 Å². The molecule has 0 radical (unpaired) electrons. The molecule has 0 aliphatic heterocycles. The standard InChI is InChI=1S/C20H18FN3O3/c1-13(25)17(20(27)23-19-12-16(26)7-8-18(19)21)11-14-3-5-15(6-4-14)24-10-2-9-22-24/h2-10,12,17,26H,11H2,1H3,(H,23,27). The van der Waals surface area contributed by atoms with E-state index < -0.39 is 17.6 Å². The molecule has 0 saturated carbocycles. The predicted octanol–water partition coefficient (Wildman–Crippen LogP) is 3.10. The van der Waals surface area contributed by atoms with Crippen LogP contribution in [0.25, 0.3) is 5.69 Å². The molecule has 6 nitrogen and oxygen atoms in total. The molecule has 27 heavy (non-hydrogen) atoms. The van der Waals surface area contributed by atoms with Crippen molar-refractivity contribution in [1.82, 2.24) is 9.78 Å². The Balaban J connectivity index is 1.74. The lowest BCUT2D eigenvalue weighted by molar-refractivity contribution is -0.129. The van der Waals surface area contributed by atoms with E-state index in [9.17, 15) is 19.1 Å². The third-order valence-corrected chi connectivity index (χ3v) is 4.16. The van der Waals surface area contributed by atoms with E-state index in [4.69, 9.17) is 0 Å². The van der Waals surface area contributed by atoms with Crippen LogP contribution in [0.5, 0.6) is 5.75 Å². The van der Waals surface area contributed by atoms with Crippen molar-refractivity contribution in [2.24, 2.45) is 5.92 Å². The largest absolute Gasteiger partial charge is 0.508 e. The molecular weight excluding hydrogens is 349 g/mol. The van der Waals surface area contributed by atoms with Gasteiger partial charge in [-0.1, -0.05) is 12.1 Å². The second-order valence-corrected chi connectivity index (χ2v) is 6.14. The summed E-state index contributed by atoms with van der Waals surface area (Å²) in [4.78, 5) is 24.4. The van der Waals surface area contributed by atoms with Crippen LogP contribution in [0.2, 0.25) is 0 Å². The number of aromatic hydroxyl groups is 1. The first-order valence-electron chi connectivity index (χ1n) is 8.33. The fourth-order valence-corrected chi connectivity index (χ4v) is 2.69. The van der Waals surface area contributed by atoms with E-state index in [0.717, 1.165) is 23.4 Å². The minimum atomic E-state index is -0.970. The zero-order valence-corrected chi connectivity index (χ0v) is 14.6. The highest BCUT2D eigenvalue weighted by Crippen LogP contribution is 2.22. The van der Waals surface area contributed by atoms with Crippen LogP contribution in [-0.4, -0.2) is 26.6 Å². The van der Waals surface area contributed by atoms with Crippen molar-refractivity contribution in [3.05, 3.63) is 72.3 Å². The van der Waals surface area contributed by atoms with Crippen molar-refractivity contribution in [2.45, 2.75) is 13.3 Å². The lowest BCUT2D eigenvalue weighted by Crippen LogP contribution is -2.30. The van der Waals surface area contributed by atoms with Gasteiger partial charge in [0.1, 0.15) is 23.3 Å². The van der Waals surface area contributed by atoms with E-state index in [0.29, 0.717) is 0 Å². The second kappa shape index (κ2) is 7.82. The molecule has 0 saturated heterocycles. The normalized spacial score (nSPS) is 11.8. The van der Waals surface area contributed by atoms with Crippen LogP contribution < -0.4 is 5.32 Å². The molecule has 138 valence electrons. The zero-order chi connectivity index (χ0) is 19.4. The minimum Gasteiger partial charge on any atom is -0.508 e. The smallest absolute Gasteiger partial charge is 0.235 e. The summed E-state index contributed by atoms with van der Waals surface area (Å²) >= 11 is 0. The highest BCUT2D eigenvalue weighted by Gasteiger charge is 2.24. The van der Waals surface area contributed by atoms with Crippen molar-refractivity contribution >= 4 is 17.4 Å². The van der Waals surface area contributed by atoms with Gasteiger partial charge >= 0.3 is 0 Å². The number of carbonyl (C=O) groups excluding carboxylic acids is 2. The van der Waals surface area contributed by atoms with Gasteiger partial charge in [0, 0.05) is 18.5 Å². The summed E-state index contributed by atoms with van der Waals surface area (Å²) < 4.78 is 15.5. The number of phenols is 1. The van der Waals surface area contributed by atoms with E-state index in [1.807, 2.05) is 36.5 Å². The summed E-state index contributed by atoms with van der Waals surface area (Å²) in [7, 11) is 0. The number of Topliss-reactive ketones (excluding diaryl/α,β-unsaturated/α-hetero) is 1. The van der Waals surface area contributed by atoms with E-state index in [-0.39, 0.29) is 23.6 Å². The van der Waals surface area contributed by atoms with Gasteiger partial charge < -0.3 is 10.4 Å². The van der Waals surface area contributed by atoms with Gasteiger partial charge in [-0.25, -0.2) is 9.07 Å². The molecule has 2 N–H and O–H groups in total. The third-order valence-electron chi connectivity index (χ3n) is 4.16. The predicted molar refractivity (Wildman–Crippen MR) is 98.1 cm³/mol. The Kier molecular flexibility index (Phi) is 5.30. The average Bonchev–Trinajstić information content (AvgIpc) is 3.17. The van der Waals surface area contributed by atoms with Crippen LogP contribution in [0, 0.1) is 11.7 Å². The molecule has 1 unspecified atom stereocenters. The van der Waals surface area contributed by atoms with E-state index in [2.05, 4.69) is 10.4 Å². The molecule has 7 heteroatoms. The third kappa shape index (κ3) is 4.38. The molecule has 0 bridgehead atoms. The fraction of sp³-hybridized carbons (Fsp3) is 0.150. The van der Waals surface area contributed by atoms with Crippen molar-refractivity contribution < 1.29 is 19.1 Å². The van der Waals surface area contributed by atoms with Gasteiger partial charge in [-0.15, -0.1) is 0 Å². The van der Waals surface area contributed by atoms with Crippen molar-refractivity contribution in [3.63, 3.8) is 0 Å². The molecule has 0 fully saturated rings. The molecule has 2 aromatic carbocycles. The van der Waals surface area contributed by atoms with Gasteiger partial charge in [0.15, 0.2) is 0 Å². The van der Waals surface area contributed by atoms with Crippen molar-refractivity contribution in [1.29, 1.82) is 0 Å². The first-order valence-corrected chi connectivity index (χ1v) is 8.33. The van der Waals surface area contributed by atoms with Crippen LogP contribution >= 0.6 is 0 Å². The Morgan fingerprint density at radius 2 is 1.96 bits per heavy atom. The monoisotopic (exact) mass is 367 g/mol. The molecule has 1 heterocycles. The van der Waals surface area contributed by atoms with Gasteiger partial charge in [0.25, 0.3) is 0 Å². The molecular formula is C20H18FN3O3. The maximum Gasteiger partial charge on any atom is 0.235 e. The quantitative estimate of drug-likeness (QED) is 0.656. The number of benzene rings is 2. The lowest BCUT2D eigenvalue weighted by Gasteiger charge is -2.15. The summed E-state index contributed by atoms with van der Waals surface area (Å²) in [6.07, 6.45) is 3.66. The number of ketones is 1. The number of phenolic OH excluding ortho intramolecular Hbond substituents is 1. The van der Waals surface area contributed by atoms with Crippen LogP contribution in [0.3, 0.4) is 0 Å². The minimum absolute atomic E-state index is 0.166. The molecule has 0 aliphatic rings. The Morgan fingerprint density at radius 1 is 1.22 bits per heavy atom. The summed E-state index contributed by atoms with van der Waals surface area (Å²) in [6, 6.07) is 12.4. The Bertz CT molecular complexity index is 953. The number of aromatic nitrogens is 2. The molecule has 3 rings (SSSR count). The number of hydrogen-bond acceptors (Lipinski definition) is 4. The van der Waals surface area contributed by atoms with Gasteiger partial charge in [0.2, 0.25) is 5.91 Å². The van der Waals surface area contributed by atoms with E-state index in [1.165, 1.54) is 13.0 Å². The highest BCUT2D eigenvalue weighted by atomic mass is 19.1. The molecule has 1 amide bonds. The molecule has 1 aromatic heterocycles. The molecule has 1 atom stereocenters. The summed E-state index contributed by atoms with van der Waals surface area (Å²) in [5, 5.41) is 16.0. The van der Waals surface area contributed by atoms with Crippen LogP contribution in [0.4, 0.5) is 10.1 Å². The summed E-state index contributed by atoms with van der Waals surface area (Å²) in [5.74, 6) is -2.79. The number of carbonyl (C=O) groups is 2. The Morgan fingerprint density at radius 3 is 2.59 bits per heavy atom. The number of anilines is 1. The highest BCUT2D eigenvalue weighted by molar-refractivity contribution is 6.06. The number of halogens is 1. The maximum absolute atomic E-state index is 13.8. The fourth-order valence-electron chi connectivity index (χ4n) is 2.69. The van der Waals surface area contributed by atoms with Gasteiger partial charge in [0.05, 0.1) is 11.4 Å². The summed E-state index contributed by atoms with van der Waals surface area (Å²) in [6.45, 7) is 1.32. The Labute approximate surface area is 155 Å².